The lowest BCUT2D eigenvalue weighted by Gasteiger charge is -2.15. The topological polar surface area (TPSA) is 72.4 Å². The Morgan fingerprint density at radius 3 is 2.50 bits per heavy atom. The molecule has 1 aromatic rings. The normalized spacial score (nSPS) is 9.50. The van der Waals surface area contributed by atoms with Gasteiger partial charge in [0.25, 0.3) is 5.69 Å². The minimum atomic E-state index is -0.446. The summed E-state index contributed by atoms with van der Waals surface area (Å²) in [5, 5.41) is 11.8. The van der Waals surface area contributed by atoms with Gasteiger partial charge >= 0.3 is 0 Å². The molecule has 0 bridgehead atoms. The zero-order valence-electron chi connectivity index (χ0n) is 7.59. The first-order valence-electron chi connectivity index (χ1n) is 4.02. The van der Waals surface area contributed by atoms with Crippen LogP contribution in [-0.2, 0) is 0 Å². The highest BCUT2D eigenvalue weighted by Crippen LogP contribution is 2.16. The van der Waals surface area contributed by atoms with Crippen LogP contribution in [0.15, 0.2) is 36.9 Å². The number of anilines is 1. The summed E-state index contributed by atoms with van der Waals surface area (Å²) in [5.41, 5.74) is 0.774. The Morgan fingerprint density at radius 2 is 2.07 bits per heavy atom. The van der Waals surface area contributed by atoms with Crippen molar-refractivity contribution in [2.24, 2.45) is 5.84 Å². The molecular weight excluding hydrogens is 182 g/mol. The van der Waals surface area contributed by atoms with Crippen LogP contribution in [0, 0.1) is 10.1 Å². The molecule has 0 aliphatic carbocycles. The molecule has 0 fully saturated rings. The van der Waals surface area contributed by atoms with E-state index in [4.69, 9.17) is 5.84 Å². The monoisotopic (exact) mass is 193 g/mol. The molecule has 0 saturated carbocycles. The highest BCUT2D eigenvalue weighted by Gasteiger charge is 2.05. The van der Waals surface area contributed by atoms with Crippen LogP contribution in [0.4, 0.5) is 11.4 Å². The van der Waals surface area contributed by atoms with E-state index >= 15 is 0 Å². The van der Waals surface area contributed by atoms with Gasteiger partial charge in [0.05, 0.1) is 17.2 Å². The maximum absolute atomic E-state index is 10.4. The molecule has 0 aliphatic heterocycles. The molecule has 14 heavy (non-hydrogen) atoms. The standard InChI is InChI=1S/C9H11N3O2/c1-2-7-11(10)8-3-5-9(6-4-8)12(13)14/h2-6H,1,7,10H2. The van der Waals surface area contributed by atoms with E-state index in [2.05, 4.69) is 6.58 Å². The molecule has 0 unspecified atom stereocenters. The van der Waals surface area contributed by atoms with E-state index in [9.17, 15) is 10.1 Å². The van der Waals surface area contributed by atoms with Crippen LogP contribution in [0.2, 0.25) is 0 Å². The van der Waals surface area contributed by atoms with Gasteiger partial charge in [0, 0.05) is 12.1 Å². The third kappa shape index (κ3) is 2.30. The van der Waals surface area contributed by atoms with Crippen molar-refractivity contribution in [3.8, 4) is 0 Å². The van der Waals surface area contributed by atoms with Gasteiger partial charge in [-0.2, -0.15) is 0 Å². The fourth-order valence-corrected chi connectivity index (χ4v) is 1.01. The van der Waals surface area contributed by atoms with Gasteiger partial charge in [-0.25, -0.2) is 5.84 Å². The molecule has 1 aromatic carbocycles. The van der Waals surface area contributed by atoms with E-state index < -0.39 is 4.92 Å². The minimum absolute atomic E-state index is 0.0563. The fourth-order valence-electron chi connectivity index (χ4n) is 1.01. The van der Waals surface area contributed by atoms with E-state index in [1.807, 2.05) is 0 Å². The zero-order valence-corrected chi connectivity index (χ0v) is 7.59. The average Bonchev–Trinajstić information content (AvgIpc) is 2.18. The van der Waals surface area contributed by atoms with Crippen LogP contribution in [0.25, 0.3) is 0 Å². The molecule has 5 nitrogen and oxygen atoms in total. The van der Waals surface area contributed by atoms with Crippen molar-refractivity contribution in [2.75, 3.05) is 11.6 Å². The lowest BCUT2D eigenvalue weighted by atomic mass is 10.3. The molecule has 0 heterocycles. The predicted octanol–water partition coefficient (Wildman–Crippen LogP) is 1.46. The highest BCUT2D eigenvalue weighted by molar-refractivity contribution is 5.49. The summed E-state index contributed by atoms with van der Waals surface area (Å²) in [4.78, 5) is 9.91. The van der Waals surface area contributed by atoms with Crippen molar-refractivity contribution in [1.29, 1.82) is 0 Å². The molecule has 0 amide bonds. The highest BCUT2D eigenvalue weighted by atomic mass is 16.6. The van der Waals surface area contributed by atoms with Crippen molar-refractivity contribution in [3.63, 3.8) is 0 Å². The second-order valence-electron chi connectivity index (χ2n) is 2.71. The van der Waals surface area contributed by atoms with Gasteiger partial charge in [-0.3, -0.25) is 10.1 Å². The van der Waals surface area contributed by atoms with Crippen molar-refractivity contribution in [1.82, 2.24) is 0 Å². The summed E-state index contributed by atoms with van der Waals surface area (Å²) >= 11 is 0. The third-order valence-electron chi connectivity index (χ3n) is 1.72. The van der Waals surface area contributed by atoms with Gasteiger partial charge in [-0.05, 0) is 12.1 Å². The lowest BCUT2D eigenvalue weighted by Crippen LogP contribution is -2.30. The molecule has 0 radical (unpaired) electrons. The quantitative estimate of drug-likeness (QED) is 0.340. The first-order valence-corrected chi connectivity index (χ1v) is 4.02. The first-order chi connectivity index (χ1) is 6.65. The van der Waals surface area contributed by atoms with E-state index in [1.54, 1.807) is 18.2 Å². The second kappa shape index (κ2) is 4.38. The van der Waals surface area contributed by atoms with E-state index in [-0.39, 0.29) is 5.69 Å². The molecule has 1 rings (SSSR count). The van der Waals surface area contributed by atoms with Crippen molar-refractivity contribution in [2.45, 2.75) is 0 Å². The number of nitro groups is 1. The van der Waals surface area contributed by atoms with Crippen molar-refractivity contribution < 1.29 is 4.92 Å². The minimum Gasteiger partial charge on any atom is -0.307 e. The van der Waals surface area contributed by atoms with Crippen LogP contribution >= 0.6 is 0 Å². The van der Waals surface area contributed by atoms with Gasteiger partial charge in [-0.15, -0.1) is 6.58 Å². The summed E-state index contributed by atoms with van der Waals surface area (Å²) in [6.07, 6.45) is 1.65. The maximum Gasteiger partial charge on any atom is 0.269 e. The number of hydrazine groups is 1. The molecule has 2 N–H and O–H groups in total. The van der Waals surface area contributed by atoms with E-state index in [0.717, 1.165) is 5.69 Å². The largest absolute Gasteiger partial charge is 0.307 e. The van der Waals surface area contributed by atoms with E-state index in [1.165, 1.54) is 17.1 Å². The Balaban J connectivity index is 2.82. The molecule has 0 spiro atoms. The molecule has 0 saturated heterocycles. The Hall–Kier alpha value is -1.88. The zero-order chi connectivity index (χ0) is 10.6. The van der Waals surface area contributed by atoms with Gasteiger partial charge in [0.2, 0.25) is 0 Å². The number of hydrogen-bond acceptors (Lipinski definition) is 4. The lowest BCUT2D eigenvalue weighted by molar-refractivity contribution is -0.384. The molecule has 5 heteroatoms. The molecule has 0 aromatic heterocycles. The van der Waals surface area contributed by atoms with Gasteiger partial charge in [0.15, 0.2) is 0 Å². The summed E-state index contributed by atoms with van der Waals surface area (Å²) in [6.45, 7) is 4.04. The molecule has 0 aliphatic rings. The molecule has 0 atom stereocenters. The van der Waals surface area contributed by atoms with Crippen LogP contribution in [0.3, 0.4) is 0 Å². The number of nitrogens with zero attached hydrogens (tertiary/aromatic N) is 2. The van der Waals surface area contributed by atoms with Crippen molar-refractivity contribution in [3.05, 3.63) is 47.0 Å². The SMILES string of the molecule is C=CCN(N)c1ccc([N+](=O)[O-])cc1. The summed E-state index contributed by atoms with van der Waals surface area (Å²) in [7, 11) is 0. The number of non-ortho nitro benzene ring substituents is 1. The summed E-state index contributed by atoms with van der Waals surface area (Å²) in [5.74, 6) is 5.62. The average molecular weight is 193 g/mol. The Kier molecular flexibility index (Phi) is 3.19. The van der Waals surface area contributed by atoms with Crippen LogP contribution in [0.5, 0.6) is 0 Å². The van der Waals surface area contributed by atoms with Crippen LogP contribution in [-0.4, -0.2) is 11.5 Å². The van der Waals surface area contributed by atoms with Gasteiger partial charge in [-0.1, -0.05) is 6.08 Å². The van der Waals surface area contributed by atoms with Crippen LogP contribution in [0.1, 0.15) is 0 Å². The Labute approximate surface area is 81.6 Å². The smallest absolute Gasteiger partial charge is 0.269 e. The first kappa shape index (κ1) is 10.2. The summed E-state index contributed by atoms with van der Waals surface area (Å²) < 4.78 is 0. The van der Waals surface area contributed by atoms with Crippen LogP contribution < -0.4 is 10.9 Å². The molecule has 74 valence electrons. The Bertz CT molecular complexity index is 334. The third-order valence-corrected chi connectivity index (χ3v) is 1.72. The molecular formula is C9H11N3O2. The number of hydrogen-bond donors (Lipinski definition) is 1. The van der Waals surface area contributed by atoms with Gasteiger partial charge < -0.3 is 5.01 Å². The summed E-state index contributed by atoms with van der Waals surface area (Å²) in [6, 6.07) is 6.03. The Morgan fingerprint density at radius 1 is 1.50 bits per heavy atom. The van der Waals surface area contributed by atoms with Gasteiger partial charge in [0.1, 0.15) is 0 Å². The van der Waals surface area contributed by atoms with Crippen molar-refractivity contribution >= 4 is 11.4 Å². The number of nitro benzene ring substituents is 1. The predicted molar refractivity (Wildman–Crippen MR) is 54.8 cm³/mol. The van der Waals surface area contributed by atoms with E-state index in [0.29, 0.717) is 6.54 Å². The maximum atomic E-state index is 10.4. The number of nitrogens with two attached hydrogens (primary N) is 1. The fraction of sp³-hybridized carbons (Fsp3) is 0.111. The second-order valence-corrected chi connectivity index (χ2v) is 2.71. The number of rotatable bonds is 4. The number of benzene rings is 1.